The molecular formula is C15H20N4O3. The Hall–Kier alpha value is -2.37. The van der Waals surface area contributed by atoms with Gasteiger partial charge in [0.15, 0.2) is 0 Å². The second-order valence-electron chi connectivity index (χ2n) is 5.45. The van der Waals surface area contributed by atoms with Crippen molar-refractivity contribution in [3.05, 3.63) is 51.5 Å². The summed E-state index contributed by atoms with van der Waals surface area (Å²) in [5.74, 6) is -0.342. The summed E-state index contributed by atoms with van der Waals surface area (Å²) in [4.78, 5) is 25.7. The Morgan fingerprint density at radius 2 is 2.18 bits per heavy atom. The van der Waals surface area contributed by atoms with Gasteiger partial charge in [0.05, 0.1) is 11.5 Å². The molecule has 0 atom stereocenters. The molecule has 2 N–H and O–H groups in total. The Balaban J connectivity index is 2.03. The lowest BCUT2D eigenvalue weighted by atomic mass is 10.0. The largest absolute Gasteiger partial charge is 0.369 e. The summed E-state index contributed by atoms with van der Waals surface area (Å²) in [5, 5.41) is 11.2. The predicted molar refractivity (Wildman–Crippen MR) is 82.2 cm³/mol. The number of amides is 1. The number of likely N-dealkylation sites (tertiary alicyclic amines) is 1. The van der Waals surface area contributed by atoms with Crippen molar-refractivity contribution >= 4 is 5.91 Å². The number of hydrogen-bond donors (Lipinski definition) is 1. The van der Waals surface area contributed by atoms with Crippen molar-refractivity contribution in [2.45, 2.75) is 18.9 Å². The SMILES string of the molecule is CN(CC(N)=O)C1CCN(C2=CC=CC=C=C2[N+](=O)[O-])CC1. The molecule has 2 rings (SSSR count). The van der Waals surface area contributed by atoms with Gasteiger partial charge >= 0.3 is 5.70 Å². The molecule has 0 aromatic heterocycles. The van der Waals surface area contributed by atoms with E-state index in [-0.39, 0.29) is 24.2 Å². The first kappa shape index (κ1) is 16.0. The number of primary amides is 1. The summed E-state index contributed by atoms with van der Waals surface area (Å²) in [7, 11) is 1.88. The number of nitrogens with two attached hydrogens (primary N) is 1. The molecule has 7 nitrogen and oxygen atoms in total. The van der Waals surface area contributed by atoms with Crippen LogP contribution in [0.2, 0.25) is 0 Å². The third-order valence-corrected chi connectivity index (χ3v) is 3.94. The Morgan fingerprint density at radius 1 is 1.50 bits per heavy atom. The van der Waals surface area contributed by atoms with E-state index in [1.807, 2.05) is 16.8 Å². The molecular weight excluding hydrogens is 284 g/mol. The number of piperidine rings is 1. The maximum Gasteiger partial charge on any atom is 0.335 e. The fourth-order valence-electron chi connectivity index (χ4n) is 2.81. The van der Waals surface area contributed by atoms with Crippen LogP contribution >= 0.6 is 0 Å². The first-order valence-electron chi connectivity index (χ1n) is 7.21. The number of hydrogen-bond acceptors (Lipinski definition) is 5. The molecule has 1 heterocycles. The van der Waals surface area contributed by atoms with Crippen LogP contribution in [0, 0.1) is 10.1 Å². The number of carbonyl (C=O) groups is 1. The van der Waals surface area contributed by atoms with Crippen molar-refractivity contribution in [1.82, 2.24) is 9.80 Å². The van der Waals surface area contributed by atoms with Gasteiger partial charge < -0.3 is 10.6 Å². The Labute approximate surface area is 129 Å². The van der Waals surface area contributed by atoms with Gasteiger partial charge in [0.1, 0.15) is 5.70 Å². The molecule has 1 amide bonds. The molecule has 7 heteroatoms. The van der Waals surface area contributed by atoms with E-state index in [1.165, 1.54) is 0 Å². The summed E-state index contributed by atoms with van der Waals surface area (Å²) in [6, 6.07) is 0.268. The second-order valence-corrected chi connectivity index (χ2v) is 5.45. The molecule has 1 saturated heterocycles. The van der Waals surface area contributed by atoms with Crippen molar-refractivity contribution in [2.24, 2.45) is 5.73 Å². The third kappa shape index (κ3) is 3.84. The number of allylic oxidation sites excluding steroid dienone is 3. The molecule has 1 aliphatic heterocycles. The molecule has 0 radical (unpaired) electrons. The summed E-state index contributed by atoms with van der Waals surface area (Å²) in [6.07, 6.45) is 8.48. The standard InChI is InChI=1S/C15H20N4O3/c1-17(11-15(16)20)12-7-9-18(10-8-12)13-5-3-2-4-6-14(13)19(21)22/h2-5,12H,7-11H2,1H3,(H2,16,20). The van der Waals surface area contributed by atoms with Gasteiger partial charge in [0.25, 0.3) is 0 Å². The van der Waals surface area contributed by atoms with Gasteiger partial charge in [-0.25, -0.2) is 0 Å². The zero-order valence-corrected chi connectivity index (χ0v) is 12.6. The Kier molecular flexibility index (Phi) is 5.14. The summed E-state index contributed by atoms with van der Waals surface area (Å²) in [6.45, 7) is 1.64. The molecule has 1 fully saturated rings. The predicted octanol–water partition coefficient (Wildman–Crippen LogP) is 0.637. The summed E-state index contributed by atoms with van der Waals surface area (Å²) < 4.78 is 0. The van der Waals surface area contributed by atoms with E-state index in [2.05, 4.69) is 5.73 Å². The van der Waals surface area contributed by atoms with E-state index in [1.54, 1.807) is 24.3 Å². The van der Waals surface area contributed by atoms with Crippen LogP contribution in [0.25, 0.3) is 0 Å². The van der Waals surface area contributed by atoms with Gasteiger partial charge in [0.2, 0.25) is 5.91 Å². The minimum atomic E-state index is -0.402. The second kappa shape index (κ2) is 7.06. The Bertz CT molecular complexity index is 580. The monoisotopic (exact) mass is 304 g/mol. The quantitative estimate of drug-likeness (QED) is 0.457. The number of nitrogens with zero attached hydrogens (tertiary/aromatic N) is 3. The van der Waals surface area contributed by atoms with Crippen LogP contribution in [0.15, 0.2) is 41.4 Å². The Morgan fingerprint density at radius 3 is 2.77 bits per heavy atom. The van der Waals surface area contributed by atoms with Gasteiger partial charge in [-0.05, 0) is 37.8 Å². The molecule has 0 saturated carbocycles. The molecule has 1 aliphatic carbocycles. The third-order valence-electron chi connectivity index (χ3n) is 3.94. The lowest BCUT2D eigenvalue weighted by molar-refractivity contribution is -0.422. The highest BCUT2D eigenvalue weighted by Crippen LogP contribution is 2.23. The van der Waals surface area contributed by atoms with E-state index >= 15 is 0 Å². The average Bonchev–Trinajstić information content (AvgIpc) is 2.72. The maximum atomic E-state index is 11.2. The zero-order chi connectivity index (χ0) is 16.1. The highest BCUT2D eigenvalue weighted by Gasteiger charge is 2.29. The highest BCUT2D eigenvalue weighted by molar-refractivity contribution is 5.75. The smallest absolute Gasteiger partial charge is 0.335 e. The van der Waals surface area contributed by atoms with E-state index < -0.39 is 4.92 Å². The number of carbonyl (C=O) groups excluding carboxylic acids is 1. The number of likely N-dealkylation sites (N-methyl/N-ethyl adjacent to an activating group) is 1. The minimum absolute atomic E-state index is 0.00561. The fourth-order valence-corrected chi connectivity index (χ4v) is 2.81. The van der Waals surface area contributed by atoms with E-state index in [0.717, 1.165) is 12.8 Å². The lowest BCUT2D eigenvalue weighted by Gasteiger charge is -2.37. The molecule has 0 spiro atoms. The van der Waals surface area contributed by atoms with Crippen molar-refractivity contribution in [1.29, 1.82) is 0 Å². The highest BCUT2D eigenvalue weighted by atomic mass is 16.6. The molecule has 2 aliphatic rings. The van der Waals surface area contributed by atoms with Gasteiger partial charge in [-0.15, -0.1) is 0 Å². The van der Waals surface area contributed by atoms with E-state index in [9.17, 15) is 14.9 Å². The lowest BCUT2D eigenvalue weighted by Crippen LogP contribution is -2.45. The molecule has 0 aromatic rings. The maximum absolute atomic E-state index is 11.2. The van der Waals surface area contributed by atoms with E-state index in [4.69, 9.17) is 5.73 Å². The van der Waals surface area contributed by atoms with Gasteiger partial charge in [-0.1, -0.05) is 12.2 Å². The first-order valence-corrected chi connectivity index (χ1v) is 7.21. The minimum Gasteiger partial charge on any atom is -0.369 e. The number of rotatable bonds is 5. The van der Waals surface area contributed by atoms with Crippen LogP contribution in [0.1, 0.15) is 12.8 Å². The molecule has 0 aromatic carbocycles. The van der Waals surface area contributed by atoms with E-state index in [0.29, 0.717) is 18.8 Å². The topological polar surface area (TPSA) is 92.7 Å². The van der Waals surface area contributed by atoms with Gasteiger partial charge in [0, 0.05) is 19.1 Å². The van der Waals surface area contributed by atoms with Crippen LogP contribution in [0.3, 0.4) is 0 Å². The van der Waals surface area contributed by atoms with Crippen molar-refractivity contribution in [3.63, 3.8) is 0 Å². The normalized spacial score (nSPS) is 18.9. The molecule has 0 bridgehead atoms. The average molecular weight is 304 g/mol. The molecule has 22 heavy (non-hydrogen) atoms. The van der Waals surface area contributed by atoms with Crippen molar-refractivity contribution in [3.8, 4) is 0 Å². The fraction of sp³-hybridized carbons (Fsp3) is 0.467. The summed E-state index contributed by atoms with van der Waals surface area (Å²) in [5.41, 5.74) is 8.51. The zero-order valence-electron chi connectivity index (χ0n) is 12.6. The number of nitro groups is 1. The van der Waals surface area contributed by atoms with Crippen LogP contribution < -0.4 is 5.73 Å². The van der Waals surface area contributed by atoms with Crippen molar-refractivity contribution < 1.29 is 9.72 Å². The van der Waals surface area contributed by atoms with Gasteiger partial charge in [-0.3, -0.25) is 19.8 Å². The first-order chi connectivity index (χ1) is 10.5. The van der Waals surface area contributed by atoms with Crippen LogP contribution in [-0.4, -0.2) is 53.4 Å². The molecule has 0 unspecified atom stereocenters. The van der Waals surface area contributed by atoms with Crippen molar-refractivity contribution in [2.75, 3.05) is 26.7 Å². The van der Waals surface area contributed by atoms with Gasteiger partial charge in [-0.2, -0.15) is 0 Å². The van der Waals surface area contributed by atoms with Crippen LogP contribution in [-0.2, 0) is 4.79 Å². The molecule has 118 valence electrons. The summed E-state index contributed by atoms with van der Waals surface area (Å²) >= 11 is 0. The van der Waals surface area contributed by atoms with Crippen LogP contribution in [0.4, 0.5) is 0 Å². The van der Waals surface area contributed by atoms with Crippen LogP contribution in [0.5, 0.6) is 0 Å².